The molecule has 1 aromatic carbocycles. The van der Waals surface area contributed by atoms with Crippen LogP contribution in [0.15, 0.2) is 48.9 Å². The van der Waals surface area contributed by atoms with E-state index in [9.17, 15) is 0 Å². The molecule has 6 rings (SSSR count). The van der Waals surface area contributed by atoms with Gasteiger partial charge in [0.2, 0.25) is 0 Å². The van der Waals surface area contributed by atoms with Crippen LogP contribution in [0, 0.1) is 0 Å². The van der Waals surface area contributed by atoms with Crippen molar-refractivity contribution in [1.29, 1.82) is 0 Å². The van der Waals surface area contributed by atoms with Crippen molar-refractivity contribution in [3.63, 3.8) is 0 Å². The fourth-order valence-corrected chi connectivity index (χ4v) is 4.85. The van der Waals surface area contributed by atoms with Gasteiger partial charge in [0.15, 0.2) is 12.0 Å². The van der Waals surface area contributed by atoms with Gasteiger partial charge in [0.25, 0.3) is 0 Å². The lowest BCUT2D eigenvalue weighted by atomic mass is 10.1. The first-order chi connectivity index (χ1) is 16.9. The first-order valence-electron chi connectivity index (χ1n) is 11.5. The van der Waals surface area contributed by atoms with Crippen LogP contribution in [0.5, 0.6) is 5.75 Å². The van der Waals surface area contributed by atoms with Gasteiger partial charge in [0, 0.05) is 24.8 Å². The summed E-state index contributed by atoms with van der Waals surface area (Å²) < 4.78 is 32.2. The van der Waals surface area contributed by atoms with Gasteiger partial charge in [-0.15, -0.1) is 0 Å². The van der Waals surface area contributed by atoms with E-state index in [0.717, 1.165) is 22.0 Å². The highest BCUT2D eigenvalue weighted by atomic mass is 16.8. The van der Waals surface area contributed by atoms with Gasteiger partial charge in [-0.05, 0) is 38.1 Å². The Bertz CT molecular complexity index is 1390. The van der Waals surface area contributed by atoms with Crippen LogP contribution >= 0.6 is 0 Å². The maximum Gasteiger partial charge on any atom is 0.164 e. The first-order valence-corrected chi connectivity index (χ1v) is 11.5. The Balaban J connectivity index is 1.25. The zero-order valence-electron chi connectivity index (χ0n) is 19.7. The Labute approximate surface area is 201 Å². The van der Waals surface area contributed by atoms with Crippen LogP contribution in [0.25, 0.3) is 21.9 Å². The Morgan fingerprint density at radius 1 is 1.09 bits per heavy atom. The van der Waals surface area contributed by atoms with E-state index >= 15 is 0 Å². The molecule has 182 valence electrons. The number of fused-ring (bicyclic) bond motifs is 3. The second-order valence-corrected chi connectivity index (χ2v) is 9.25. The van der Waals surface area contributed by atoms with E-state index in [1.165, 1.54) is 6.33 Å². The third-order valence-corrected chi connectivity index (χ3v) is 6.37. The molecule has 0 unspecified atom stereocenters. The molecule has 5 heterocycles. The molecule has 2 aliphatic heterocycles. The first kappa shape index (κ1) is 22.2. The van der Waals surface area contributed by atoms with Crippen molar-refractivity contribution in [2.24, 2.45) is 0 Å². The standard InChI is InChI=1S/C25H27N5O5/c1-25(2)34-20-19(12-32-16-7-5-14-4-6-15(11-31-3)29-18(14)10-16)33-24(21(20)35-25)30-9-8-17-22(26)27-13-28-23(17)30/h4-10,13,19-21,24H,11-12H2,1-3H3,(H2,26,27,28)/t19-,20-,21-,24-/m1/s1. The smallest absolute Gasteiger partial charge is 0.164 e. The van der Waals surface area contributed by atoms with Gasteiger partial charge in [-0.25, -0.2) is 9.97 Å². The number of pyridine rings is 1. The number of aromatic nitrogens is 4. The minimum absolute atomic E-state index is 0.288. The monoisotopic (exact) mass is 477 g/mol. The van der Waals surface area contributed by atoms with Gasteiger partial charge >= 0.3 is 0 Å². The van der Waals surface area contributed by atoms with Gasteiger partial charge in [-0.3, -0.25) is 4.98 Å². The molecule has 0 saturated carbocycles. The quantitative estimate of drug-likeness (QED) is 0.447. The zero-order valence-corrected chi connectivity index (χ0v) is 19.7. The van der Waals surface area contributed by atoms with Crippen molar-refractivity contribution >= 4 is 27.8 Å². The summed E-state index contributed by atoms with van der Waals surface area (Å²) in [6, 6.07) is 11.7. The van der Waals surface area contributed by atoms with Crippen LogP contribution in [-0.2, 0) is 25.6 Å². The number of rotatable bonds is 6. The molecule has 2 aliphatic rings. The summed E-state index contributed by atoms with van der Waals surface area (Å²) in [5.74, 6) is 0.385. The molecule has 3 aromatic heterocycles. The number of nitrogens with zero attached hydrogens (tertiary/aromatic N) is 4. The predicted molar refractivity (Wildman–Crippen MR) is 128 cm³/mol. The zero-order chi connectivity index (χ0) is 24.2. The Morgan fingerprint density at radius 2 is 1.91 bits per heavy atom. The molecule has 0 radical (unpaired) electrons. The molecule has 35 heavy (non-hydrogen) atoms. The number of benzene rings is 1. The summed E-state index contributed by atoms with van der Waals surface area (Å²) >= 11 is 0. The minimum atomic E-state index is -0.739. The summed E-state index contributed by atoms with van der Waals surface area (Å²) in [7, 11) is 1.65. The fraction of sp³-hybridized carbons (Fsp3) is 0.400. The van der Waals surface area contributed by atoms with E-state index in [1.54, 1.807) is 7.11 Å². The Hall–Kier alpha value is -3.31. The topological polar surface area (TPSA) is 116 Å². The molecule has 0 spiro atoms. The van der Waals surface area contributed by atoms with Crippen molar-refractivity contribution in [2.75, 3.05) is 19.5 Å². The van der Waals surface area contributed by atoms with E-state index < -0.39 is 12.0 Å². The number of hydrogen-bond acceptors (Lipinski definition) is 9. The number of nitrogens with two attached hydrogens (primary N) is 1. The highest BCUT2D eigenvalue weighted by Gasteiger charge is 2.56. The number of anilines is 1. The summed E-state index contributed by atoms with van der Waals surface area (Å²) in [6.07, 6.45) is 1.90. The van der Waals surface area contributed by atoms with Gasteiger partial charge in [-0.2, -0.15) is 0 Å². The van der Waals surface area contributed by atoms with Gasteiger partial charge in [0.1, 0.15) is 48.5 Å². The lowest BCUT2D eigenvalue weighted by Crippen LogP contribution is -2.33. The molecule has 2 saturated heterocycles. The number of ether oxygens (including phenoxy) is 5. The lowest BCUT2D eigenvalue weighted by Gasteiger charge is -2.25. The number of hydrogen-bond donors (Lipinski definition) is 1. The van der Waals surface area contributed by atoms with Gasteiger partial charge in [-0.1, -0.05) is 6.07 Å². The van der Waals surface area contributed by atoms with Crippen LogP contribution in [0.2, 0.25) is 0 Å². The van der Waals surface area contributed by atoms with Gasteiger partial charge in [0.05, 0.1) is 23.2 Å². The van der Waals surface area contributed by atoms with Crippen LogP contribution < -0.4 is 10.5 Å². The van der Waals surface area contributed by atoms with Crippen molar-refractivity contribution in [3.8, 4) is 5.75 Å². The maximum atomic E-state index is 6.43. The van der Waals surface area contributed by atoms with Crippen molar-refractivity contribution in [3.05, 3.63) is 54.6 Å². The Morgan fingerprint density at radius 3 is 2.77 bits per heavy atom. The van der Waals surface area contributed by atoms with Crippen LogP contribution in [-0.4, -0.2) is 57.3 Å². The molecule has 10 heteroatoms. The van der Waals surface area contributed by atoms with Crippen LogP contribution in [0.1, 0.15) is 25.8 Å². The van der Waals surface area contributed by atoms with Crippen molar-refractivity contribution in [2.45, 2.75) is 50.8 Å². The van der Waals surface area contributed by atoms with Crippen LogP contribution in [0.4, 0.5) is 5.82 Å². The molecule has 0 bridgehead atoms. The number of nitrogen functional groups attached to an aromatic ring is 1. The molecular formula is C25H27N5O5. The average molecular weight is 478 g/mol. The Kier molecular flexibility index (Phi) is 5.33. The highest BCUT2D eigenvalue weighted by molar-refractivity contribution is 5.86. The average Bonchev–Trinajstić information content (AvgIpc) is 3.49. The molecule has 0 amide bonds. The normalized spacial score (nSPS) is 25.3. The predicted octanol–water partition coefficient (Wildman–Crippen LogP) is 3.20. The second kappa shape index (κ2) is 8.42. The molecule has 2 N–H and O–H groups in total. The molecule has 10 nitrogen and oxygen atoms in total. The van der Waals surface area contributed by atoms with Crippen molar-refractivity contribution in [1.82, 2.24) is 19.5 Å². The van der Waals surface area contributed by atoms with Crippen molar-refractivity contribution < 1.29 is 23.7 Å². The molecule has 4 aromatic rings. The largest absolute Gasteiger partial charge is 0.491 e. The summed E-state index contributed by atoms with van der Waals surface area (Å²) in [4.78, 5) is 13.1. The minimum Gasteiger partial charge on any atom is -0.491 e. The maximum absolute atomic E-state index is 6.43. The summed E-state index contributed by atoms with van der Waals surface area (Å²) in [5, 5.41) is 1.80. The highest BCUT2D eigenvalue weighted by Crippen LogP contribution is 2.44. The second-order valence-electron chi connectivity index (χ2n) is 9.25. The molecule has 0 aliphatic carbocycles. The molecule has 4 atom stereocenters. The summed E-state index contributed by atoms with van der Waals surface area (Å²) in [6.45, 7) is 4.55. The fourth-order valence-electron chi connectivity index (χ4n) is 4.85. The van der Waals surface area contributed by atoms with E-state index in [1.807, 2.05) is 61.0 Å². The van der Waals surface area contributed by atoms with E-state index in [4.69, 9.17) is 29.4 Å². The third-order valence-electron chi connectivity index (χ3n) is 6.37. The summed E-state index contributed by atoms with van der Waals surface area (Å²) in [5.41, 5.74) is 8.42. The lowest BCUT2D eigenvalue weighted by molar-refractivity contribution is -0.198. The molecular weight excluding hydrogens is 450 g/mol. The molecule has 2 fully saturated rings. The number of methoxy groups -OCH3 is 1. The van der Waals surface area contributed by atoms with E-state index in [2.05, 4.69) is 15.0 Å². The van der Waals surface area contributed by atoms with Crippen LogP contribution in [0.3, 0.4) is 0 Å². The third kappa shape index (κ3) is 3.98. The van der Waals surface area contributed by atoms with Gasteiger partial charge < -0.3 is 34.0 Å². The van der Waals surface area contributed by atoms with E-state index in [0.29, 0.717) is 23.8 Å². The van der Waals surface area contributed by atoms with E-state index in [-0.39, 0.29) is 24.9 Å². The SMILES string of the molecule is COCc1ccc2ccc(OC[C@H]3O[C@@H](n4ccc5c(N)ncnc54)[C@@H]4OC(C)(C)O[C@@H]43)cc2n1.